The maximum absolute atomic E-state index is 12.8. The van der Waals surface area contributed by atoms with Crippen molar-refractivity contribution in [2.24, 2.45) is 0 Å². The van der Waals surface area contributed by atoms with E-state index in [9.17, 15) is 14.7 Å². The number of ketones is 1. The Hall–Kier alpha value is -2.83. The Morgan fingerprint density at radius 2 is 1.90 bits per heavy atom. The van der Waals surface area contributed by atoms with Gasteiger partial charge in [0.2, 0.25) is 0 Å². The van der Waals surface area contributed by atoms with Crippen LogP contribution in [0.5, 0.6) is 5.75 Å². The van der Waals surface area contributed by atoms with Crippen molar-refractivity contribution in [3.63, 3.8) is 0 Å². The van der Waals surface area contributed by atoms with Crippen LogP contribution in [-0.2, 0) is 14.3 Å². The summed E-state index contributed by atoms with van der Waals surface area (Å²) in [5.74, 6) is -1.28. The van der Waals surface area contributed by atoms with Gasteiger partial charge in [0.05, 0.1) is 29.9 Å². The summed E-state index contributed by atoms with van der Waals surface area (Å²) in [7, 11) is 1.52. The third-order valence-electron chi connectivity index (χ3n) is 4.70. The van der Waals surface area contributed by atoms with Crippen LogP contribution >= 0.6 is 11.6 Å². The number of aliphatic hydroxyl groups is 1. The molecule has 1 heterocycles. The molecule has 1 unspecified atom stereocenters. The van der Waals surface area contributed by atoms with Crippen LogP contribution in [0.2, 0.25) is 5.02 Å². The number of likely N-dealkylation sites (tertiary alicyclic amines) is 1. The van der Waals surface area contributed by atoms with Crippen molar-refractivity contribution < 1.29 is 24.2 Å². The molecule has 152 valence electrons. The molecular formula is C22H22ClNO5. The van der Waals surface area contributed by atoms with Crippen molar-refractivity contribution in [2.45, 2.75) is 13.0 Å². The van der Waals surface area contributed by atoms with Crippen molar-refractivity contribution in [2.75, 3.05) is 26.9 Å². The maximum Gasteiger partial charge on any atom is 0.295 e. The van der Waals surface area contributed by atoms with E-state index in [2.05, 4.69) is 0 Å². The van der Waals surface area contributed by atoms with Crippen LogP contribution in [-0.4, -0.2) is 48.6 Å². The predicted octanol–water partition coefficient (Wildman–Crippen LogP) is 3.81. The molecule has 0 aliphatic carbocycles. The lowest BCUT2D eigenvalue weighted by atomic mass is 9.95. The lowest BCUT2D eigenvalue weighted by Gasteiger charge is -2.25. The number of Topliss-reactive ketones (excluding diaryl/α,β-unsaturated/α-hetero) is 1. The van der Waals surface area contributed by atoms with Crippen LogP contribution in [0.3, 0.4) is 0 Å². The number of ether oxygens (including phenoxy) is 2. The second kappa shape index (κ2) is 9.11. The molecule has 29 heavy (non-hydrogen) atoms. The quantitative estimate of drug-likeness (QED) is 0.423. The number of halogens is 1. The summed E-state index contributed by atoms with van der Waals surface area (Å²) in [5, 5.41) is 11.4. The Balaban J connectivity index is 2.14. The molecule has 1 amide bonds. The lowest BCUT2D eigenvalue weighted by Crippen LogP contribution is -2.32. The van der Waals surface area contributed by atoms with Crippen LogP contribution in [0, 0.1) is 0 Å². The highest BCUT2D eigenvalue weighted by atomic mass is 35.5. The average Bonchev–Trinajstić information content (AvgIpc) is 2.98. The Bertz CT molecular complexity index is 941. The highest BCUT2D eigenvalue weighted by Crippen LogP contribution is 2.40. The van der Waals surface area contributed by atoms with E-state index in [4.69, 9.17) is 21.1 Å². The number of hydrogen-bond acceptors (Lipinski definition) is 5. The molecule has 6 nitrogen and oxygen atoms in total. The SMILES string of the molecule is CCOc1cc(/C(O)=C2/C(=O)C(=O)N(CCOC)C2c2ccccc2)ccc1Cl. The summed E-state index contributed by atoms with van der Waals surface area (Å²) in [4.78, 5) is 27.0. The van der Waals surface area contributed by atoms with Crippen LogP contribution in [0.15, 0.2) is 54.1 Å². The Labute approximate surface area is 174 Å². The number of hydrogen-bond donors (Lipinski definition) is 1. The minimum absolute atomic E-state index is 0.0297. The second-order valence-electron chi connectivity index (χ2n) is 6.47. The van der Waals surface area contributed by atoms with Gasteiger partial charge >= 0.3 is 0 Å². The summed E-state index contributed by atoms with van der Waals surface area (Å²) < 4.78 is 10.6. The van der Waals surface area contributed by atoms with Gasteiger partial charge in [-0.15, -0.1) is 0 Å². The smallest absolute Gasteiger partial charge is 0.295 e. The Morgan fingerprint density at radius 3 is 2.55 bits per heavy atom. The highest BCUT2D eigenvalue weighted by Gasteiger charge is 2.45. The molecule has 2 aromatic carbocycles. The van der Waals surface area contributed by atoms with Crippen molar-refractivity contribution in [1.29, 1.82) is 0 Å². The third-order valence-corrected chi connectivity index (χ3v) is 5.01. The number of carbonyl (C=O) groups is 2. The van der Waals surface area contributed by atoms with Gasteiger partial charge in [-0.3, -0.25) is 9.59 Å². The van der Waals surface area contributed by atoms with Crippen molar-refractivity contribution in [1.82, 2.24) is 4.90 Å². The molecule has 0 spiro atoms. The van der Waals surface area contributed by atoms with E-state index >= 15 is 0 Å². The molecule has 7 heteroatoms. The van der Waals surface area contributed by atoms with Gasteiger partial charge in [-0.25, -0.2) is 0 Å². The zero-order valence-electron chi connectivity index (χ0n) is 16.2. The van der Waals surface area contributed by atoms with Crippen LogP contribution in [0.4, 0.5) is 0 Å². The normalized spacial score (nSPS) is 18.3. The fourth-order valence-corrected chi connectivity index (χ4v) is 3.53. The molecule has 1 aliphatic rings. The fraction of sp³-hybridized carbons (Fsp3) is 0.273. The van der Waals surface area contributed by atoms with Crippen molar-refractivity contribution >= 4 is 29.1 Å². The van der Waals surface area contributed by atoms with Crippen molar-refractivity contribution in [3.05, 3.63) is 70.3 Å². The highest BCUT2D eigenvalue weighted by molar-refractivity contribution is 6.46. The number of rotatable bonds is 7. The molecule has 1 saturated heterocycles. The van der Waals surface area contributed by atoms with Gasteiger partial charge in [-0.05, 0) is 30.7 Å². The first-order valence-corrected chi connectivity index (χ1v) is 9.62. The van der Waals surface area contributed by atoms with Gasteiger partial charge in [0.25, 0.3) is 11.7 Å². The van der Waals surface area contributed by atoms with Gasteiger partial charge in [-0.2, -0.15) is 0 Å². The zero-order chi connectivity index (χ0) is 21.0. The zero-order valence-corrected chi connectivity index (χ0v) is 17.0. The first kappa shape index (κ1) is 20.9. The Morgan fingerprint density at radius 1 is 1.17 bits per heavy atom. The Kier molecular flexibility index (Phi) is 6.56. The summed E-state index contributed by atoms with van der Waals surface area (Å²) >= 11 is 6.13. The largest absolute Gasteiger partial charge is 0.507 e. The summed E-state index contributed by atoms with van der Waals surface area (Å²) in [5.41, 5.74) is 1.11. The first-order valence-electron chi connectivity index (χ1n) is 9.24. The summed E-state index contributed by atoms with van der Waals surface area (Å²) in [6, 6.07) is 13.1. The third kappa shape index (κ3) is 4.13. The summed E-state index contributed by atoms with van der Waals surface area (Å²) in [6.45, 7) is 2.71. The van der Waals surface area contributed by atoms with E-state index in [0.29, 0.717) is 22.9 Å². The number of aliphatic hydroxyl groups excluding tert-OH is 1. The second-order valence-corrected chi connectivity index (χ2v) is 6.88. The topological polar surface area (TPSA) is 76.1 Å². The number of benzene rings is 2. The molecule has 1 N–H and O–H groups in total. The molecule has 0 bridgehead atoms. The van der Waals surface area contributed by atoms with Gasteiger partial charge in [0, 0.05) is 19.2 Å². The number of nitrogens with zero attached hydrogens (tertiary/aromatic N) is 1. The van der Waals surface area contributed by atoms with E-state index in [1.807, 2.05) is 37.3 Å². The molecule has 0 aromatic heterocycles. The maximum atomic E-state index is 12.8. The molecule has 2 aromatic rings. The van der Waals surface area contributed by atoms with Crippen LogP contribution < -0.4 is 4.74 Å². The lowest BCUT2D eigenvalue weighted by molar-refractivity contribution is -0.140. The first-order chi connectivity index (χ1) is 14.0. The van der Waals surface area contributed by atoms with Gasteiger partial charge < -0.3 is 19.5 Å². The molecule has 1 fully saturated rings. The van der Waals surface area contributed by atoms with Gasteiger partial charge in [0.15, 0.2) is 0 Å². The fourth-order valence-electron chi connectivity index (χ4n) is 3.35. The average molecular weight is 416 g/mol. The van der Waals surface area contributed by atoms with E-state index < -0.39 is 17.7 Å². The van der Waals surface area contributed by atoms with E-state index in [-0.39, 0.29) is 24.5 Å². The molecule has 1 atom stereocenters. The predicted molar refractivity (Wildman–Crippen MR) is 110 cm³/mol. The van der Waals surface area contributed by atoms with E-state index in [1.165, 1.54) is 12.0 Å². The van der Waals surface area contributed by atoms with E-state index in [1.54, 1.807) is 18.2 Å². The minimum atomic E-state index is -0.736. The van der Waals surface area contributed by atoms with Gasteiger partial charge in [-0.1, -0.05) is 41.9 Å². The standard InChI is InChI=1S/C22H22ClNO5/c1-3-29-17-13-15(9-10-16(17)23)20(25)18-19(14-7-5-4-6-8-14)24(11-12-28-2)22(27)21(18)26/h4-10,13,19,25H,3,11-12H2,1-2H3/b20-18-. The van der Waals surface area contributed by atoms with Crippen LogP contribution in [0.1, 0.15) is 24.1 Å². The molecule has 3 rings (SSSR count). The number of carbonyl (C=O) groups excluding carboxylic acids is 2. The van der Waals surface area contributed by atoms with E-state index in [0.717, 1.165) is 5.56 Å². The monoisotopic (exact) mass is 415 g/mol. The minimum Gasteiger partial charge on any atom is -0.507 e. The van der Waals surface area contributed by atoms with Gasteiger partial charge in [0.1, 0.15) is 11.5 Å². The molecule has 1 aliphatic heterocycles. The number of amides is 1. The van der Waals surface area contributed by atoms with Crippen LogP contribution in [0.25, 0.3) is 5.76 Å². The summed E-state index contributed by atoms with van der Waals surface area (Å²) in [6.07, 6.45) is 0. The van der Waals surface area contributed by atoms with Crippen molar-refractivity contribution in [3.8, 4) is 5.75 Å². The molecule has 0 saturated carbocycles. The molecule has 0 radical (unpaired) electrons. The molecular weight excluding hydrogens is 394 g/mol. The number of methoxy groups -OCH3 is 1.